The largest absolute Gasteiger partial charge is 0.487 e. The normalized spacial score (nSPS) is 20.2. The Morgan fingerprint density at radius 2 is 2.00 bits per heavy atom. The fourth-order valence-corrected chi connectivity index (χ4v) is 4.78. The van der Waals surface area contributed by atoms with E-state index in [4.69, 9.17) is 21.1 Å². The summed E-state index contributed by atoms with van der Waals surface area (Å²) in [6.45, 7) is 4.46. The molecule has 3 heterocycles. The van der Waals surface area contributed by atoms with Gasteiger partial charge in [-0.15, -0.1) is 0 Å². The van der Waals surface area contributed by atoms with Gasteiger partial charge in [0.1, 0.15) is 17.7 Å². The van der Waals surface area contributed by atoms with Crippen LogP contribution in [0.3, 0.4) is 0 Å². The Balaban J connectivity index is 1.43. The summed E-state index contributed by atoms with van der Waals surface area (Å²) in [5.41, 5.74) is 4.27. The average molecular weight is 459 g/mol. The third-order valence-corrected chi connectivity index (χ3v) is 6.94. The smallest absolute Gasteiger partial charge is 0.258 e. The molecule has 2 aromatic heterocycles. The number of halogens is 2. The molecular formula is C23H24ClFN4O3. The third kappa shape index (κ3) is 3.42. The van der Waals surface area contributed by atoms with Crippen LogP contribution in [0.1, 0.15) is 52.3 Å². The molecule has 1 aliphatic carbocycles. The van der Waals surface area contributed by atoms with Gasteiger partial charge < -0.3 is 14.4 Å². The van der Waals surface area contributed by atoms with E-state index in [1.54, 1.807) is 16.5 Å². The molecule has 0 N–H and O–H groups in total. The van der Waals surface area contributed by atoms with Gasteiger partial charge in [-0.1, -0.05) is 11.6 Å². The summed E-state index contributed by atoms with van der Waals surface area (Å²) in [6.07, 6.45) is 2.40. The zero-order valence-corrected chi connectivity index (χ0v) is 18.9. The summed E-state index contributed by atoms with van der Waals surface area (Å²) in [4.78, 5) is 19.7. The fourth-order valence-electron chi connectivity index (χ4n) is 4.66. The number of hydrogen-bond donors (Lipinski definition) is 0. The zero-order chi connectivity index (χ0) is 22.6. The van der Waals surface area contributed by atoms with Gasteiger partial charge in [-0.25, -0.2) is 13.9 Å². The minimum absolute atomic E-state index is 0.0600. The first-order valence-corrected chi connectivity index (χ1v) is 11.1. The quantitative estimate of drug-likeness (QED) is 0.585. The number of ether oxygens (including phenoxy) is 2. The van der Waals surface area contributed by atoms with E-state index in [9.17, 15) is 9.18 Å². The lowest BCUT2D eigenvalue weighted by Crippen LogP contribution is -2.30. The number of amides is 1. The van der Waals surface area contributed by atoms with E-state index >= 15 is 0 Å². The van der Waals surface area contributed by atoms with Crippen LogP contribution in [-0.2, 0) is 17.8 Å². The molecule has 0 spiro atoms. The number of benzene rings is 1. The van der Waals surface area contributed by atoms with Crippen molar-refractivity contribution in [1.82, 2.24) is 19.5 Å². The number of carbonyl (C=O) groups excluding carboxylic acids is 1. The summed E-state index contributed by atoms with van der Waals surface area (Å²) < 4.78 is 27.3. The van der Waals surface area contributed by atoms with Crippen molar-refractivity contribution in [3.63, 3.8) is 0 Å². The maximum absolute atomic E-state index is 14.0. The summed E-state index contributed by atoms with van der Waals surface area (Å²) in [6, 6.07) is 4.05. The highest BCUT2D eigenvalue weighted by molar-refractivity contribution is 6.31. The van der Waals surface area contributed by atoms with Crippen LogP contribution < -0.4 is 4.74 Å². The van der Waals surface area contributed by atoms with Gasteiger partial charge in [-0.3, -0.25) is 4.79 Å². The van der Waals surface area contributed by atoms with Crippen molar-refractivity contribution < 1.29 is 18.7 Å². The molecule has 1 saturated carbocycles. The lowest BCUT2D eigenvalue weighted by atomic mass is 10.1. The van der Waals surface area contributed by atoms with E-state index in [2.05, 4.69) is 10.1 Å². The second kappa shape index (κ2) is 8.01. The number of carbonyl (C=O) groups is 1. The Morgan fingerprint density at radius 1 is 1.22 bits per heavy atom. The molecule has 32 heavy (non-hydrogen) atoms. The number of aryl methyl sites for hydroxylation is 2. The molecule has 3 aromatic rings. The maximum atomic E-state index is 14.0. The monoisotopic (exact) mass is 458 g/mol. The molecule has 0 bridgehead atoms. The van der Waals surface area contributed by atoms with E-state index in [0.717, 1.165) is 41.9 Å². The molecule has 1 amide bonds. The van der Waals surface area contributed by atoms with Crippen molar-refractivity contribution in [2.75, 3.05) is 7.11 Å². The van der Waals surface area contributed by atoms with Gasteiger partial charge in [0, 0.05) is 18.7 Å². The van der Waals surface area contributed by atoms with Gasteiger partial charge in [0.25, 0.3) is 5.91 Å². The molecule has 5 rings (SSSR count). The summed E-state index contributed by atoms with van der Waals surface area (Å²) >= 11 is 6.32. The van der Waals surface area contributed by atoms with Crippen LogP contribution in [0.5, 0.6) is 5.75 Å². The minimum Gasteiger partial charge on any atom is -0.487 e. The molecule has 1 aromatic carbocycles. The fraction of sp³-hybridized carbons (Fsp3) is 0.435. The number of nitrogens with zero attached hydrogens (tertiary/aromatic N) is 4. The van der Waals surface area contributed by atoms with Crippen molar-refractivity contribution in [1.29, 1.82) is 0 Å². The number of hydrogen-bond acceptors (Lipinski definition) is 5. The molecule has 7 nitrogen and oxygen atoms in total. The van der Waals surface area contributed by atoms with Crippen LogP contribution in [0.2, 0.25) is 5.02 Å². The first kappa shape index (κ1) is 21.2. The molecule has 9 heteroatoms. The van der Waals surface area contributed by atoms with E-state index < -0.39 is 5.82 Å². The topological polar surface area (TPSA) is 69.0 Å². The minimum atomic E-state index is -0.446. The molecule has 168 valence electrons. The van der Waals surface area contributed by atoms with Crippen LogP contribution in [0.15, 0.2) is 18.2 Å². The molecule has 1 unspecified atom stereocenters. The van der Waals surface area contributed by atoms with Crippen LogP contribution in [-0.4, -0.2) is 44.7 Å². The van der Waals surface area contributed by atoms with Crippen LogP contribution in [0, 0.1) is 19.7 Å². The molecule has 2 atom stereocenters. The van der Waals surface area contributed by atoms with Crippen molar-refractivity contribution in [2.45, 2.75) is 58.4 Å². The van der Waals surface area contributed by atoms with E-state index in [1.165, 1.54) is 18.2 Å². The molecular weight excluding hydrogens is 435 g/mol. The average Bonchev–Trinajstić information content (AvgIpc) is 3.47. The highest BCUT2D eigenvalue weighted by Gasteiger charge is 2.34. The van der Waals surface area contributed by atoms with Crippen molar-refractivity contribution in [3.8, 4) is 5.75 Å². The SMILES string of the molecule is CO[C@H]1CCCC1Oc1cc(F)ccc1C(=O)N1Cc2nn3c(C)c(Cl)c(C)nc3c2C1. The highest BCUT2D eigenvalue weighted by atomic mass is 35.5. The Labute approximate surface area is 190 Å². The summed E-state index contributed by atoms with van der Waals surface area (Å²) in [7, 11) is 1.64. The second-order valence-electron chi connectivity index (χ2n) is 8.42. The first-order chi connectivity index (χ1) is 15.4. The van der Waals surface area contributed by atoms with Gasteiger partial charge in [0.05, 0.1) is 46.9 Å². The van der Waals surface area contributed by atoms with Gasteiger partial charge >= 0.3 is 0 Å². The summed E-state index contributed by atoms with van der Waals surface area (Å²) in [5, 5.41) is 5.21. The number of rotatable bonds is 4. The van der Waals surface area contributed by atoms with Crippen LogP contribution in [0.25, 0.3) is 5.65 Å². The number of aromatic nitrogens is 3. The predicted molar refractivity (Wildman–Crippen MR) is 117 cm³/mol. The molecule has 0 radical (unpaired) electrons. The standard InChI is InChI=1S/C23H24ClFN4O3/c1-12-21(24)13(2)29-22(26-12)16-10-28(11-17(16)27-29)23(30)15-8-7-14(25)9-20(15)32-19-6-4-5-18(19)31-3/h7-9,18-19H,4-6,10-11H2,1-3H3/t18-,19?/m0/s1. The van der Waals surface area contributed by atoms with Gasteiger partial charge in [-0.05, 0) is 45.2 Å². The Kier molecular flexibility index (Phi) is 5.29. The number of fused-ring (bicyclic) bond motifs is 3. The predicted octanol–water partition coefficient (Wildman–Crippen LogP) is 4.24. The van der Waals surface area contributed by atoms with E-state index in [1.807, 2.05) is 13.8 Å². The molecule has 0 saturated heterocycles. The molecule has 1 aliphatic heterocycles. The summed E-state index contributed by atoms with van der Waals surface area (Å²) in [5.74, 6) is -0.428. The molecule has 2 aliphatic rings. The van der Waals surface area contributed by atoms with Gasteiger partial charge in [0.15, 0.2) is 5.65 Å². The van der Waals surface area contributed by atoms with E-state index in [-0.39, 0.29) is 23.9 Å². The van der Waals surface area contributed by atoms with Crippen LogP contribution in [0.4, 0.5) is 4.39 Å². The second-order valence-corrected chi connectivity index (χ2v) is 8.80. The Morgan fingerprint density at radius 3 is 2.78 bits per heavy atom. The third-order valence-electron chi connectivity index (χ3n) is 6.39. The Hall–Kier alpha value is -2.71. The zero-order valence-electron chi connectivity index (χ0n) is 18.2. The van der Waals surface area contributed by atoms with Gasteiger partial charge in [0.2, 0.25) is 0 Å². The highest BCUT2D eigenvalue weighted by Crippen LogP contribution is 2.33. The first-order valence-electron chi connectivity index (χ1n) is 10.7. The van der Waals surface area contributed by atoms with E-state index in [0.29, 0.717) is 29.3 Å². The van der Waals surface area contributed by atoms with Crippen molar-refractivity contribution in [3.05, 3.63) is 57.2 Å². The number of methoxy groups -OCH3 is 1. The van der Waals surface area contributed by atoms with Crippen LogP contribution >= 0.6 is 11.6 Å². The molecule has 1 fully saturated rings. The maximum Gasteiger partial charge on any atom is 0.258 e. The Bertz CT molecular complexity index is 1230. The lowest BCUT2D eigenvalue weighted by molar-refractivity contribution is 0.0220. The van der Waals surface area contributed by atoms with Crippen molar-refractivity contribution in [2.24, 2.45) is 0 Å². The van der Waals surface area contributed by atoms with Crippen molar-refractivity contribution >= 4 is 23.2 Å². The van der Waals surface area contributed by atoms with Gasteiger partial charge in [-0.2, -0.15) is 5.10 Å². The lowest BCUT2D eigenvalue weighted by Gasteiger charge is -2.23.